The normalized spacial score (nSPS) is 21.8. The van der Waals surface area contributed by atoms with Gasteiger partial charge in [0.1, 0.15) is 0 Å². The van der Waals surface area contributed by atoms with E-state index in [1.165, 1.54) is 4.90 Å². The van der Waals surface area contributed by atoms with Crippen LogP contribution in [0.5, 0.6) is 0 Å². The quantitative estimate of drug-likeness (QED) is 0.616. The van der Waals surface area contributed by atoms with E-state index in [-0.39, 0.29) is 6.61 Å². The molecule has 0 saturated carbocycles. The fourth-order valence-corrected chi connectivity index (χ4v) is 1.60. The lowest BCUT2D eigenvalue weighted by molar-refractivity contribution is -0.311. The van der Waals surface area contributed by atoms with Crippen molar-refractivity contribution >= 4 is 12.1 Å². The van der Waals surface area contributed by atoms with Gasteiger partial charge in [0.25, 0.3) is 0 Å². The Morgan fingerprint density at radius 2 is 2.21 bits per heavy atom. The summed E-state index contributed by atoms with van der Waals surface area (Å²) in [4.78, 5) is 23.3. The first-order valence-corrected chi connectivity index (χ1v) is 4.81. The fraction of sp³-hybridized carbons (Fsp3) is 0.778. The minimum Gasteiger partial charge on any atom is -0.548 e. The van der Waals surface area contributed by atoms with Gasteiger partial charge in [0.2, 0.25) is 0 Å². The molecule has 1 rings (SSSR count). The molecular weight excluding hydrogens is 186 g/mol. The second kappa shape index (κ2) is 4.83. The Kier molecular flexibility index (Phi) is 3.73. The summed E-state index contributed by atoms with van der Waals surface area (Å²) >= 11 is 0. The number of rotatable bonds is 2. The summed E-state index contributed by atoms with van der Waals surface area (Å²) in [7, 11) is 0. The second-order valence-electron chi connectivity index (χ2n) is 3.22. The number of hydrogen-bond acceptors (Lipinski definition) is 4. The number of amides is 1. The topological polar surface area (TPSA) is 69.7 Å². The minimum atomic E-state index is -1.20. The van der Waals surface area contributed by atoms with Gasteiger partial charge < -0.3 is 14.6 Å². The van der Waals surface area contributed by atoms with E-state index in [9.17, 15) is 14.7 Å². The van der Waals surface area contributed by atoms with Gasteiger partial charge in [-0.05, 0) is 26.2 Å². The Labute approximate surface area is 82.6 Å². The van der Waals surface area contributed by atoms with Crippen LogP contribution in [0, 0.1) is 0 Å². The van der Waals surface area contributed by atoms with E-state index in [0.717, 1.165) is 12.8 Å². The molecule has 0 spiro atoms. The predicted molar refractivity (Wildman–Crippen MR) is 46.4 cm³/mol. The van der Waals surface area contributed by atoms with Gasteiger partial charge in [-0.1, -0.05) is 0 Å². The van der Waals surface area contributed by atoms with E-state index in [4.69, 9.17) is 4.74 Å². The molecule has 1 amide bonds. The van der Waals surface area contributed by atoms with Crippen LogP contribution in [0.25, 0.3) is 0 Å². The van der Waals surface area contributed by atoms with Crippen molar-refractivity contribution in [3.63, 3.8) is 0 Å². The highest BCUT2D eigenvalue weighted by Crippen LogP contribution is 2.17. The van der Waals surface area contributed by atoms with Gasteiger partial charge in [-0.25, -0.2) is 4.79 Å². The number of carbonyl (C=O) groups is 2. The molecule has 0 radical (unpaired) electrons. The average molecular weight is 200 g/mol. The number of carbonyl (C=O) groups excluding carboxylic acids is 2. The molecule has 0 bridgehead atoms. The van der Waals surface area contributed by atoms with Gasteiger partial charge >= 0.3 is 6.09 Å². The summed E-state index contributed by atoms with van der Waals surface area (Å²) < 4.78 is 4.76. The smallest absolute Gasteiger partial charge is 0.410 e. The molecule has 0 aromatic carbocycles. The lowest BCUT2D eigenvalue weighted by atomic mass is 10.0. The SMILES string of the molecule is CCOC(=O)N1CCCCC1C(=O)[O-]. The molecule has 0 aliphatic carbocycles. The van der Waals surface area contributed by atoms with Crippen LogP contribution >= 0.6 is 0 Å². The number of aliphatic carboxylic acids is 1. The summed E-state index contributed by atoms with van der Waals surface area (Å²) in [6.07, 6.45) is 1.54. The Hall–Kier alpha value is -1.26. The Bertz CT molecular complexity index is 229. The molecule has 1 fully saturated rings. The summed E-state index contributed by atoms with van der Waals surface area (Å²) in [5, 5.41) is 10.7. The molecule has 14 heavy (non-hydrogen) atoms. The monoisotopic (exact) mass is 200 g/mol. The lowest BCUT2D eigenvalue weighted by Crippen LogP contribution is -2.53. The van der Waals surface area contributed by atoms with Crippen molar-refractivity contribution in [1.82, 2.24) is 4.90 Å². The third-order valence-corrected chi connectivity index (χ3v) is 2.28. The summed E-state index contributed by atoms with van der Waals surface area (Å²) in [6, 6.07) is -0.817. The highest BCUT2D eigenvalue weighted by atomic mass is 16.6. The first kappa shape index (κ1) is 10.8. The van der Waals surface area contributed by atoms with Crippen molar-refractivity contribution in [2.45, 2.75) is 32.2 Å². The first-order chi connectivity index (χ1) is 6.66. The van der Waals surface area contributed by atoms with Gasteiger partial charge in [0, 0.05) is 6.54 Å². The molecule has 1 heterocycles. The van der Waals surface area contributed by atoms with Gasteiger partial charge in [-0.15, -0.1) is 0 Å². The summed E-state index contributed by atoms with van der Waals surface area (Å²) in [6.45, 7) is 2.39. The van der Waals surface area contributed by atoms with Crippen LogP contribution in [-0.4, -0.2) is 36.2 Å². The molecular formula is C9H14NO4-. The maximum absolute atomic E-state index is 11.3. The maximum Gasteiger partial charge on any atom is 0.410 e. The van der Waals surface area contributed by atoms with Crippen molar-refractivity contribution in [1.29, 1.82) is 0 Å². The standard InChI is InChI=1S/C9H15NO4/c1-2-14-9(13)10-6-4-3-5-7(10)8(11)12/h7H,2-6H2,1H3,(H,11,12)/p-1. The third kappa shape index (κ3) is 2.37. The number of carboxylic acid groups (broad SMARTS) is 1. The molecule has 1 atom stereocenters. The number of carboxylic acids is 1. The average Bonchev–Trinajstić information content (AvgIpc) is 2.18. The number of nitrogens with zero attached hydrogens (tertiary/aromatic N) is 1. The minimum absolute atomic E-state index is 0.259. The van der Waals surface area contributed by atoms with Crippen molar-refractivity contribution in [2.75, 3.05) is 13.2 Å². The largest absolute Gasteiger partial charge is 0.548 e. The number of piperidine rings is 1. The van der Waals surface area contributed by atoms with Gasteiger partial charge in [0.15, 0.2) is 0 Å². The molecule has 0 aromatic heterocycles. The van der Waals surface area contributed by atoms with E-state index in [0.29, 0.717) is 13.0 Å². The van der Waals surface area contributed by atoms with Crippen LogP contribution in [0.1, 0.15) is 26.2 Å². The van der Waals surface area contributed by atoms with Crippen LogP contribution in [0.15, 0.2) is 0 Å². The molecule has 1 aliphatic heterocycles. The van der Waals surface area contributed by atoms with E-state index in [1.54, 1.807) is 6.92 Å². The Morgan fingerprint density at radius 3 is 2.79 bits per heavy atom. The number of hydrogen-bond donors (Lipinski definition) is 0. The zero-order valence-corrected chi connectivity index (χ0v) is 8.19. The molecule has 1 saturated heterocycles. The summed E-state index contributed by atoms with van der Waals surface area (Å²) in [5.74, 6) is -1.20. The maximum atomic E-state index is 11.3. The number of likely N-dealkylation sites (tertiary alicyclic amines) is 1. The zero-order chi connectivity index (χ0) is 10.6. The van der Waals surface area contributed by atoms with E-state index in [2.05, 4.69) is 0 Å². The Morgan fingerprint density at radius 1 is 1.50 bits per heavy atom. The van der Waals surface area contributed by atoms with E-state index in [1.807, 2.05) is 0 Å². The van der Waals surface area contributed by atoms with E-state index >= 15 is 0 Å². The van der Waals surface area contributed by atoms with Crippen LogP contribution < -0.4 is 5.11 Å². The first-order valence-electron chi connectivity index (χ1n) is 4.81. The number of ether oxygens (including phenoxy) is 1. The van der Waals surface area contributed by atoms with Crippen molar-refractivity contribution in [3.05, 3.63) is 0 Å². The molecule has 1 unspecified atom stereocenters. The molecule has 0 aromatic rings. The van der Waals surface area contributed by atoms with E-state index < -0.39 is 18.1 Å². The predicted octanol–water partition coefficient (Wildman–Crippen LogP) is -0.253. The van der Waals surface area contributed by atoms with Crippen LogP contribution in [0.4, 0.5) is 4.79 Å². The van der Waals surface area contributed by atoms with Crippen LogP contribution in [0.2, 0.25) is 0 Å². The van der Waals surface area contributed by atoms with Crippen LogP contribution in [-0.2, 0) is 9.53 Å². The second-order valence-corrected chi connectivity index (χ2v) is 3.22. The zero-order valence-electron chi connectivity index (χ0n) is 8.19. The Balaban J connectivity index is 2.62. The van der Waals surface area contributed by atoms with Crippen molar-refractivity contribution in [3.8, 4) is 0 Å². The van der Waals surface area contributed by atoms with Gasteiger partial charge in [-0.2, -0.15) is 0 Å². The molecule has 0 N–H and O–H groups in total. The van der Waals surface area contributed by atoms with Crippen molar-refractivity contribution < 1.29 is 19.4 Å². The van der Waals surface area contributed by atoms with Gasteiger partial charge in [-0.3, -0.25) is 4.90 Å². The van der Waals surface area contributed by atoms with Crippen molar-refractivity contribution in [2.24, 2.45) is 0 Å². The third-order valence-electron chi connectivity index (χ3n) is 2.28. The van der Waals surface area contributed by atoms with Gasteiger partial charge in [0.05, 0.1) is 18.6 Å². The summed E-state index contributed by atoms with van der Waals surface area (Å²) in [5.41, 5.74) is 0. The molecule has 1 aliphatic rings. The highest BCUT2D eigenvalue weighted by Gasteiger charge is 2.28. The molecule has 5 nitrogen and oxygen atoms in total. The fourth-order valence-electron chi connectivity index (χ4n) is 1.60. The van der Waals surface area contributed by atoms with Crippen LogP contribution in [0.3, 0.4) is 0 Å². The molecule has 80 valence electrons. The lowest BCUT2D eigenvalue weighted by Gasteiger charge is -2.35. The highest BCUT2D eigenvalue weighted by molar-refractivity contribution is 5.78. The molecule has 5 heteroatoms.